The number of alkyl halides is 3. The number of halogens is 5. The highest BCUT2D eigenvalue weighted by Gasteiger charge is 2.39. The number of sulfonamides is 1. The fourth-order valence-corrected chi connectivity index (χ4v) is 6.50. The number of thiazole rings is 1. The number of nitrogens with one attached hydrogen (secondary N) is 2. The van der Waals surface area contributed by atoms with Gasteiger partial charge in [0.1, 0.15) is 16.6 Å². The Bertz CT molecular complexity index is 1360. The Labute approximate surface area is 245 Å². The Balaban J connectivity index is 2.65. The van der Waals surface area contributed by atoms with Crippen LogP contribution in [0.15, 0.2) is 17.0 Å². The van der Waals surface area contributed by atoms with E-state index < -0.39 is 49.6 Å². The third kappa shape index (κ3) is 8.52. The molecule has 0 saturated heterocycles. The van der Waals surface area contributed by atoms with E-state index in [1.54, 1.807) is 6.92 Å². The standard InChI is InChI=1S/C24H31Cl2F3N4O5S2/c1-7-33(10-12(2)3)22(35)18-19(39-21(31-18)20(34)30-11-23(5,6)36)14-8-9-15(17(26)16(14)25)40(37,38)32-13(4)24(27,28)29/h8-9,12-13,32,36H,7,10-11H2,1-6H3,(H,30,34)/t13-/m0/s1. The molecule has 1 aromatic heterocycles. The molecule has 0 fully saturated rings. The van der Waals surface area contributed by atoms with Gasteiger partial charge in [-0.1, -0.05) is 43.1 Å². The molecule has 0 bridgehead atoms. The van der Waals surface area contributed by atoms with Gasteiger partial charge >= 0.3 is 6.18 Å². The van der Waals surface area contributed by atoms with Crippen LogP contribution in [0, 0.1) is 5.92 Å². The highest BCUT2D eigenvalue weighted by atomic mass is 35.5. The lowest BCUT2D eigenvalue weighted by Crippen LogP contribution is -2.43. The SMILES string of the molecule is CCN(CC(C)C)C(=O)c1nc(C(=O)NCC(C)(C)O)sc1-c1ccc(S(=O)(=O)N[C@@H](C)C(F)(F)F)c(Cl)c1Cl. The number of rotatable bonds is 11. The summed E-state index contributed by atoms with van der Waals surface area (Å²) in [6.07, 6.45) is -4.84. The molecule has 0 aliphatic carbocycles. The maximum Gasteiger partial charge on any atom is 0.404 e. The highest BCUT2D eigenvalue weighted by Crippen LogP contribution is 2.42. The number of hydrogen-bond donors (Lipinski definition) is 3. The van der Waals surface area contributed by atoms with E-state index in [2.05, 4.69) is 10.3 Å². The number of aromatic nitrogens is 1. The number of carbonyl (C=O) groups excluding carboxylic acids is 2. The first kappa shape index (κ1) is 34.2. The predicted molar refractivity (Wildman–Crippen MR) is 148 cm³/mol. The van der Waals surface area contributed by atoms with E-state index in [9.17, 15) is 36.3 Å². The van der Waals surface area contributed by atoms with Crippen LogP contribution >= 0.6 is 34.5 Å². The van der Waals surface area contributed by atoms with Gasteiger partial charge in [0.15, 0.2) is 5.01 Å². The van der Waals surface area contributed by atoms with Crippen molar-refractivity contribution in [2.45, 2.75) is 64.3 Å². The summed E-state index contributed by atoms with van der Waals surface area (Å²) in [4.78, 5) is 31.5. The maximum atomic E-state index is 13.5. The molecular formula is C24H31Cl2F3N4O5S2. The molecular weight excluding hydrogens is 616 g/mol. The summed E-state index contributed by atoms with van der Waals surface area (Å²) in [7, 11) is -4.74. The molecule has 224 valence electrons. The highest BCUT2D eigenvalue weighted by molar-refractivity contribution is 7.89. The molecule has 2 amide bonds. The lowest BCUT2D eigenvalue weighted by Gasteiger charge is -2.22. The second-order valence-corrected chi connectivity index (χ2v) is 13.5. The first-order valence-corrected chi connectivity index (χ1v) is 15.1. The van der Waals surface area contributed by atoms with Gasteiger partial charge in [0, 0.05) is 25.2 Å². The smallest absolute Gasteiger partial charge is 0.389 e. The Morgan fingerprint density at radius 3 is 2.25 bits per heavy atom. The van der Waals surface area contributed by atoms with E-state index in [0.29, 0.717) is 20.0 Å². The van der Waals surface area contributed by atoms with Gasteiger partial charge in [-0.3, -0.25) is 9.59 Å². The van der Waals surface area contributed by atoms with Crippen molar-refractivity contribution in [3.8, 4) is 10.4 Å². The van der Waals surface area contributed by atoms with Gasteiger partial charge in [0.05, 0.1) is 20.5 Å². The van der Waals surface area contributed by atoms with Gasteiger partial charge in [-0.2, -0.15) is 17.9 Å². The van der Waals surface area contributed by atoms with Gasteiger partial charge in [-0.15, -0.1) is 11.3 Å². The summed E-state index contributed by atoms with van der Waals surface area (Å²) in [5.41, 5.74) is -1.31. The van der Waals surface area contributed by atoms with Crippen LogP contribution < -0.4 is 10.0 Å². The van der Waals surface area contributed by atoms with Crippen molar-refractivity contribution in [3.05, 3.63) is 32.9 Å². The fourth-order valence-electron chi connectivity index (χ4n) is 3.34. The average Bonchev–Trinajstić information content (AvgIpc) is 3.25. The monoisotopic (exact) mass is 646 g/mol. The molecule has 0 radical (unpaired) electrons. The van der Waals surface area contributed by atoms with Crippen LogP contribution in [-0.2, 0) is 10.0 Å². The van der Waals surface area contributed by atoms with Crippen molar-refractivity contribution in [1.29, 1.82) is 0 Å². The molecule has 1 atom stereocenters. The van der Waals surface area contributed by atoms with Gasteiger partial charge in [-0.05, 0) is 39.7 Å². The molecule has 3 N–H and O–H groups in total. The first-order chi connectivity index (χ1) is 18.2. The molecule has 1 heterocycles. The largest absolute Gasteiger partial charge is 0.404 e. The van der Waals surface area contributed by atoms with Crippen molar-refractivity contribution in [2.24, 2.45) is 5.92 Å². The average molecular weight is 648 g/mol. The van der Waals surface area contributed by atoms with E-state index in [-0.39, 0.29) is 38.6 Å². The molecule has 1 aromatic carbocycles. The topological polar surface area (TPSA) is 129 Å². The summed E-state index contributed by atoms with van der Waals surface area (Å²) < 4.78 is 65.7. The van der Waals surface area contributed by atoms with Crippen molar-refractivity contribution < 1.29 is 36.3 Å². The minimum Gasteiger partial charge on any atom is -0.389 e. The van der Waals surface area contributed by atoms with Crippen LogP contribution in [0.4, 0.5) is 13.2 Å². The van der Waals surface area contributed by atoms with Crippen LogP contribution in [0.5, 0.6) is 0 Å². The molecule has 2 rings (SSSR count). The third-order valence-corrected chi connectivity index (χ3v) is 9.03. The van der Waals surface area contributed by atoms with Gasteiger partial charge in [0.2, 0.25) is 10.0 Å². The van der Waals surface area contributed by atoms with Crippen LogP contribution in [-0.4, -0.2) is 72.7 Å². The zero-order valence-corrected chi connectivity index (χ0v) is 25.8. The maximum absolute atomic E-state index is 13.5. The van der Waals surface area contributed by atoms with Gasteiger partial charge in [-0.25, -0.2) is 13.4 Å². The molecule has 9 nitrogen and oxygen atoms in total. The van der Waals surface area contributed by atoms with Crippen molar-refractivity contribution in [2.75, 3.05) is 19.6 Å². The summed E-state index contributed by atoms with van der Waals surface area (Å²) >= 11 is 13.5. The minimum absolute atomic E-state index is 0.0532. The number of aliphatic hydroxyl groups is 1. The number of nitrogens with zero attached hydrogens (tertiary/aromatic N) is 2. The van der Waals surface area contributed by atoms with E-state index in [1.165, 1.54) is 29.5 Å². The molecule has 0 saturated carbocycles. The Morgan fingerprint density at radius 1 is 1.15 bits per heavy atom. The third-order valence-electron chi connectivity index (χ3n) is 5.36. The Hall–Kier alpha value is -1.97. The van der Waals surface area contributed by atoms with Crippen LogP contribution in [0.2, 0.25) is 10.0 Å². The zero-order valence-electron chi connectivity index (χ0n) is 22.6. The quantitative estimate of drug-likeness (QED) is 0.316. The van der Waals surface area contributed by atoms with E-state index >= 15 is 0 Å². The molecule has 40 heavy (non-hydrogen) atoms. The van der Waals surface area contributed by atoms with E-state index in [0.717, 1.165) is 17.4 Å². The van der Waals surface area contributed by atoms with Crippen LogP contribution in [0.25, 0.3) is 10.4 Å². The van der Waals surface area contributed by atoms with E-state index in [1.807, 2.05) is 13.8 Å². The molecule has 0 aliphatic rings. The van der Waals surface area contributed by atoms with Gasteiger partial charge in [0.25, 0.3) is 11.8 Å². The van der Waals surface area contributed by atoms with Crippen molar-refractivity contribution in [3.63, 3.8) is 0 Å². The normalized spacial score (nSPS) is 13.4. The molecule has 16 heteroatoms. The van der Waals surface area contributed by atoms with E-state index in [4.69, 9.17) is 23.2 Å². The summed E-state index contributed by atoms with van der Waals surface area (Å²) in [6.45, 7) is 9.79. The molecule has 0 spiro atoms. The number of carbonyl (C=O) groups is 2. The lowest BCUT2D eigenvalue weighted by atomic mass is 10.1. The summed E-state index contributed by atoms with van der Waals surface area (Å²) in [6, 6.07) is -0.255. The second kappa shape index (κ2) is 12.9. The predicted octanol–water partition coefficient (Wildman–Crippen LogP) is 4.96. The van der Waals surface area contributed by atoms with Crippen molar-refractivity contribution in [1.82, 2.24) is 19.9 Å². The number of hydrogen-bond acceptors (Lipinski definition) is 7. The first-order valence-electron chi connectivity index (χ1n) is 12.1. The minimum atomic E-state index is -4.84. The van der Waals surface area contributed by atoms with Crippen LogP contribution in [0.1, 0.15) is 61.8 Å². The zero-order chi connectivity index (χ0) is 30.8. The number of benzene rings is 1. The lowest BCUT2D eigenvalue weighted by molar-refractivity contribution is -0.147. The fraction of sp³-hybridized carbons (Fsp3) is 0.542. The molecule has 0 aliphatic heterocycles. The van der Waals surface area contributed by atoms with Crippen molar-refractivity contribution >= 4 is 56.4 Å². The summed E-state index contributed by atoms with van der Waals surface area (Å²) in [5, 5.41) is 11.4. The molecule has 0 unspecified atom stereocenters. The van der Waals surface area contributed by atoms with Crippen LogP contribution in [0.3, 0.4) is 0 Å². The van der Waals surface area contributed by atoms with Gasteiger partial charge < -0.3 is 15.3 Å². The Morgan fingerprint density at radius 2 is 1.75 bits per heavy atom. The Kier molecular flexibility index (Phi) is 11.0. The summed E-state index contributed by atoms with van der Waals surface area (Å²) in [5.74, 6) is -1.09. The molecule has 2 aromatic rings. The number of amides is 2. The second-order valence-electron chi connectivity index (χ2n) is 10.1.